The van der Waals surface area contributed by atoms with Crippen LogP contribution in [0.4, 0.5) is 0 Å². The van der Waals surface area contributed by atoms with Crippen LogP contribution in [0.15, 0.2) is 24.3 Å². The number of rotatable bonds is 45. The summed E-state index contributed by atoms with van der Waals surface area (Å²) in [5.41, 5.74) is 0. The van der Waals surface area contributed by atoms with Crippen molar-refractivity contribution in [3.8, 4) is 0 Å². The van der Waals surface area contributed by atoms with Gasteiger partial charge in [-0.15, -0.1) is 0 Å². The number of phosphoric acid groups is 1. The van der Waals surface area contributed by atoms with Crippen LogP contribution in [-0.4, -0.2) is 74.9 Å². The van der Waals surface area contributed by atoms with Gasteiger partial charge in [0.2, 0.25) is 0 Å². The molecule has 0 bridgehead atoms. The van der Waals surface area contributed by atoms with Crippen LogP contribution in [-0.2, 0) is 32.7 Å². The third-order valence-electron chi connectivity index (χ3n) is 10.7. The number of esters is 2. The molecule has 10 heteroatoms. The molecule has 1 unspecified atom stereocenters. The van der Waals surface area contributed by atoms with Crippen LogP contribution in [0.25, 0.3) is 0 Å². The number of unbranched alkanes of at least 4 members (excludes halogenated alkanes) is 27. The van der Waals surface area contributed by atoms with Gasteiger partial charge in [0.25, 0.3) is 0 Å². The third kappa shape index (κ3) is 45.8. The van der Waals surface area contributed by atoms with E-state index in [4.69, 9.17) is 18.5 Å². The van der Waals surface area contributed by atoms with E-state index in [0.717, 1.165) is 44.9 Å². The molecule has 0 fully saturated rings. The molecule has 0 aromatic carbocycles. The summed E-state index contributed by atoms with van der Waals surface area (Å²) in [6.45, 7) is 4.43. The smallest absolute Gasteiger partial charge is 0.462 e. The molecule has 9 nitrogen and oxygen atoms in total. The van der Waals surface area contributed by atoms with Crippen LogP contribution in [0.5, 0.6) is 0 Å². The van der Waals surface area contributed by atoms with E-state index in [2.05, 4.69) is 38.2 Å². The van der Waals surface area contributed by atoms with Crippen LogP contribution in [0.2, 0.25) is 0 Å². The Labute approximate surface area is 364 Å². The quantitative estimate of drug-likeness (QED) is 0.0212. The van der Waals surface area contributed by atoms with Crippen molar-refractivity contribution in [2.24, 2.45) is 0 Å². The lowest BCUT2D eigenvalue weighted by molar-refractivity contribution is -0.870. The van der Waals surface area contributed by atoms with E-state index in [0.29, 0.717) is 23.9 Å². The molecule has 0 aromatic heterocycles. The number of quaternary nitrogens is 1. The zero-order valence-corrected chi connectivity index (χ0v) is 40.1. The van der Waals surface area contributed by atoms with Crippen LogP contribution in [0.3, 0.4) is 0 Å². The number of likely N-dealkylation sites (N-methyl/N-ethyl adjacent to an activating group) is 1. The van der Waals surface area contributed by atoms with Gasteiger partial charge in [0.15, 0.2) is 6.10 Å². The van der Waals surface area contributed by atoms with Crippen molar-refractivity contribution in [1.82, 2.24) is 0 Å². The summed E-state index contributed by atoms with van der Waals surface area (Å²) in [6, 6.07) is 0. The van der Waals surface area contributed by atoms with Crippen LogP contribution in [0.1, 0.15) is 226 Å². The largest absolute Gasteiger partial charge is 0.472 e. The van der Waals surface area contributed by atoms with Gasteiger partial charge in [-0.3, -0.25) is 18.6 Å². The summed E-state index contributed by atoms with van der Waals surface area (Å²) in [4.78, 5) is 35.5. The number of phosphoric ester groups is 1. The predicted molar refractivity (Wildman–Crippen MR) is 247 cm³/mol. The molecule has 0 rings (SSSR count). The summed E-state index contributed by atoms with van der Waals surface area (Å²) in [5.74, 6) is -0.792. The van der Waals surface area contributed by atoms with Crippen LogP contribution >= 0.6 is 7.82 Å². The molecule has 0 aromatic rings. The number of carbonyl (C=O) groups is 2. The average Bonchev–Trinajstić information content (AvgIpc) is 3.19. The third-order valence-corrected chi connectivity index (χ3v) is 11.7. The lowest BCUT2D eigenvalue weighted by Gasteiger charge is -2.24. The van der Waals surface area contributed by atoms with Gasteiger partial charge in [0.1, 0.15) is 19.8 Å². The fraction of sp³-hybridized carbons (Fsp3) is 0.878. The van der Waals surface area contributed by atoms with E-state index >= 15 is 0 Å². The lowest BCUT2D eigenvalue weighted by atomic mass is 10.0. The van der Waals surface area contributed by atoms with Gasteiger partial charge >= 0.3 is 19.8 Å². The summed E-state index contributed by atoms with van der Waals surface area (Å²) in [7, 11) is 1.48. The molecule has 0 radical (unpaired) electrons. The van der Waals surface area contributed by atoms with Gasteiger partial charge in [0, 0.05) is 12.8 Å². The van der Waals surface area contributed by atoms with Crippen molar-refractivity contribution in [3.05, 3.63) is 24.3 Å². The molecular weight excluding hydrogens is 762 g/mol. The Morgan fingerprint density at radius 2 is 0.915 bits per heavy atom. The summed E-state index contributed by atoms with van der Waals surface area (Å²) in [6.07, 6.45) is 46.5. The fourth-order valence-corrected chi connectivity index (χ4v) is 7.61. The molecule has 0 saturated heterocycles. The molecule has 0 aliphatic rings. The van der Waals surface area contributed by atoms with E-state index in [-0.39, 0.29) is 25.6 Å². The Morgan fingerprint density at radius 3 is 1.37 bits per heavy atom. The van der Waals surface area contributed by atoms with Crippen molar-refractivity contribution in [3.63, 3.8) is 0 Å². The first-order chi connectivity index (χ1) is 28.5. The highest BCUT2D eigenvalue weighted by molar-refractivity contribution is 7.47. The fourth-order valence-electron chi connectivity index (χ4n) is 6.87. The Bertz CT molecular complexity index is 1060. The Balaban J connectivity index is 4.27. The molecule has 348 valence electrons. The number of ether oxygens (including phenoxy) is 2. The van der Waals surface area contributed by atoms with E-state index in [1.165, 1.54) is 148 Å². The first-order valence-electron chi connectivity index (χ1n) is 24.6. The molecule has 2 atom stereocenters. The average molecular weight is 857 g/mol. The van der Waals surface area contributed by atoms with Gasteiger partial charge < -0.3 is 18.9 Å². The second-order valence-electron chi connectivity index (χ2n) is 17.9. The minimum atomic E-state index is -4.38. The number of carbonyl (C=O) groups excluding carboxylic acids is 2. The molecular formula is C49H95NO8P+. The highest BCUT2D eigenvalue weighted by atomic mass is 31.2. The zero-order valence-electron chi connectivity index (χ0n) is 39.2. The highest BCUT2D eigenvalue weighted by Gasteiger charge is 2.27. The SMILES string of the molecule is CCCCC/C=C/C/C=C/CCCCCCCCCCCC(=O)O[C@H](COC(=O)CCCCCCCCCCCCCCCCCC)COP(=O)(O)OCC[N+](C)(C)C. The van der Waals surface area contributed by atoms with Crippen LogP contribution < -0.4 is 0 Å². The number of allylic oxidation sites excluding steroid dienone is 4. The molecule has 0 spiro atoms. The van der Waals surface area contributed by atoms with Crippen molar-refractivity contribution in [1.29, 1.82) is 0 Å². The van der Waals surface area contributed by atoms with Crippen molar-refractivity contribution in [2.75, 3.05) is 47.5 Å². The molecule has 1 N–H and O–H groups in total. The maximum Gasteiger partial charge on any atom is 0.472 e. The van der Waals surface area contributed by atoms with Gasteiger partial charge in [-0.2, -0.15) is 0 Å². The molecule has 0 aliphatic heterocycles. The number of hydrogen-bond acceptors (Lipinski definition) is 7. The minimum Gasteiger partial charge on any atom is -0.462 e. The summed E-state index contributed by atoms with van der Waals surface area (Å²) < 4.78 is 34.4. The van der Waals surface area contributed by atoms with Gasteiger partial charge in [0.05, 0.1) is 27.7 Å². The summed E-state index contributed by atoms with van der Waals surface area (Å²) in [5, 5.41) is 0. The summed E-state index contributed by atoms with van der Waals surface area (Å²) >= 11 is 0. The van der Waals surface area contributed by atoms with Gasteiger partial charge in [-0.05, 0) is 44.9 Å². The predicted octanol–water partition coefficient (Wildman–Crippen LogP) is 14.3. The first-order valence-corrected chi connectivity index (χ1v) is 26.1. The topological polar surface area (TPSA) is 108 Å². The zero-order chi connectivity index (χ0) is 43.6. The standard InChI is InChI=1S/C49H94NO8P/c1-6-8-10-12-14-16-18-20-22-24-25-26-28-30-32-34-36-38-40-42-49(52)58-47(46-57-59(53,54)56-44-43-50(3,4)5)45-55-48(51)41-39-37-35-33-31-29-27-23-21-19-17-15-13-11-9-7-2/h14,16,20,22,47H,6-13,15,17-19,21,23-46H2,1-5H3/p+1/b16-14+,22-20+/t47-/m1/s1. The highest BCUT2D eigenvalue weighted by Crippen LogP contribution is 2.43. The van der Waals surface area contributed by atoms with Crippen molar-refractivity contribution in [2.45, 2.75) is 232 Å². The number of hydrogen-bond donors (Lipinski definition) is 1. The van der Waals surface area contributed by atoms with Crippen molar-refractivity contribution < 1.29 is 42.1 Å². The molecule has 0 heterocycles. The number of nitrogens with zero attached hydrogens (tertiary/aromatic N) is 1. The maximum atomic E-state index is 12.7. The van der Waals surface area contributed by atoms with E-state index in [1.807, 2.05) is 21.1 Å². The van der Waals surface area contributed by atoms with Gasteiger partial charge in [-0.25, -0.2) is 4.57 Å². The maximum absolute atomic E-state index is 12.7. The van der Waals surface area contributed by atoms with E-state index < -0.39 is 26.5 Å². The Morgan fingerprint density at radius 1 is 0.525 bits per heavy atom. The minimum absolute atomic E-state index is 0.0329. The lowest BCUT2D eigenvalue weighted by Crippen LogP contribution is -2.37. The van der Waals surface area contributed by atoms with Crippen molar-refractivity contribution >= 4 is 19.8 Å². The molecule has 59 heavy (non-hydrogen) atoms. The first kappa shape index (κ1) is 57.5. The second kappa shape index (κ2) is 41.8. The molecule has 0 aliphatic carbocycles. The Hall–Kier alpha value is -1.51. The molecule has 0 saturated carbocycles. The van der Waals surface area contributed by atoms with Gasteiger partial charge in [-0.1, -0.05) is 192 Å². The Kier molecular flexibility index (Phi) is 40.8. The normalized spacial score (nSPS) is 13.7. The second-order valence-corrected chi connectivity index (χ2v) is 19.3. The molecule has 0 amide bonds. The van der Waals surface area contributed by atoms with E-state index in [9.17, 15) is 19.0 Å². The van der Waals surface area contributed by atoms with E-state index in [1.54, 1.807) is 0 Å². The monoisotopic (exact) mass is 857 g/mol. The van der Waals surface area contributed by atoms with Crippen LogP contribution in [0, 0.1) is 0 Å².